The van der Waals surface area contributed by atoms with Crippen LogP contribution in [-0.2, 0) is 0 Å². The molecule has 1 N–H and O–H groups in total. The Morgan fingerprint density at radius 2 is 2.29 bits per heavy atom. The summed E-state index contributed by atoms with van der Waals surface area (Å²) in [6, 6.07) is 0.0974. The fourth-order valence-electron chi connectivity index (χ4n) is 1.53. The third kappa shape index (κ3) is 3.40. The molecular formula is C10H20N2OS. The van der Waals surface area contributed by atoms with Crippen LogP contribution in [0.25, 0.3) is 0 Å². The molecule has 0 aliphatic carbocycles. The Bertz CT molecular complexity index is 206. The van der Waals surface area contributed by atoms with E-state index in [9.17, 15) is 4.79 Å². The maximum atomic E-state index is 11.7. The molecule has 0 aromatic rings. The predicted molar refractivity (Wildman–Crippen MR) is 61.8 cm³/mol. The molecule has 1 aliphatic heterocycles. The summed E-state index contributed by atoms with van der Waals surface area (Å²) >= 11 is 1.94. The van der Waals surface area contributed by atoms with Gasteiger partial charge in [0.1, 0.15) is 0 Å². The van der Waals surface area contributed by atoms with E-state index in [2.05, 4.69) is 26.1 Å². The van der Waals surface area contributed by atoms with Gasteiger partial charge in [-0.15, -0.1) is 0 Å². The average Bonchev–Trinajstić information content (AvgIpc) is 2.12. The second kappa shape index (κ2) is 4.91. The lowest BCUT2D eigenvalue weighted by atomic mass is 10.2. The molecule has 1 fully saturated rings. The Labute approximate surface area is 90.6 Å². The van der Waals surface area contributed by atoms with Crippen LogP contribution in [0.5, 0.6) is 0 Å². The maximum Gasteiger partial charge on any atom is 0.317 e. The standard InChI is InChI=1S/C10H20N2OS/c1-4-5-11-9(13)12-6-7-14-10(2,3)8-12/h4-8H2,1-3H3,(H,11,13). The Kier molecular flexibility index (Phi) is 4.11. The van der Waals surface area contributed by atoms with E-state index in [1.54, 1.807) is 0 Å². The lowest BCUT2D eigenvalue weighted by molar-refractivity contribution is 0.195. The predicted octanol–water partition coefficient (Wildman–Crippen LogP) is 1.93. The minimum atomic E-state index is 0.0974. The van der Waals surface area contributed by atoms with Crippen molar-refractivity contribution in [3.63, 3.8) is 0 Å². The van der Waals surface area contributed by atoms with E-state index in [1.165, 1.54) is 0 Å². The quantitative estimate of drug-likeness (QED) is 0.765. The first kappa shape index (κ1) is 11.7. The van der Waals surface area contributed by atoms with Crippen LogP contribution in [0.4, 0.5) is 4.79 Å². The van der Waals surface area contributed by atoms with Crippen molar-refractivity contribution in [1.29, 1.82) is 0 Å². The molecule has 0 radical (unpaired) electrons. The fourth-order valence-corrected chi connectivity index (χ4v) is 2.64. The van der Waals surface area contributed by atoms with E-state index in [4.69, 9.17) is 0 Å². The molecule has 0 saturated carbocycles. The number of hydrogen-bond donors (Lipinski definition) is 1. The van der Waals surface area contributed by atoms with E-state index in [0.29, 0.717) is 0 Å². The topological polar surface area (TPSA) is 32.3 Å². The molecule has 1 saturated heterocycles. The number of carbonyl (C=O) groups excluding carboxylic acids is 1. The van der Waals surface area contributed by atoms with Gasteiger partial charge in [0, 0.05) is 30.1 Å². The van der Waals surface area contributed by atoms with Gasteiger partial charge in [-0.05, 0) is 20.3 Å². The van der Waals surface area contributed by atoms with Crippen LogP contribution in [0.15, 0.2) is 0 Å². The summed E-state index contributed by atoms with van der Waals surface area (Å²) in [6.45, 7) is 8.96. The number of rotatable bonds is 2. The lowest BCUT2D eigenvalue weighted by Crippen LogP contribution is -2.50. The van der Waals surface area contributed by atoms with Crippen LogP contribution in [0.2, 0.25) is 0 Å². The third-order valence-electron chi connectivity index (χ3n) is 2.24. The van der Waals surface area contributed by atoms with Crippen molar-refractivity contribution < 1.29 is 4.79 Å². The Hall–Kier alpha value is -0.380. The van der Waals surface area contributed by atoms with E-state index >= 15 is 0 Å². The molecule has 0 unspecified atom stereocenters. The zero-order valence-corrected chi connectivity index (χ0v) is 10.1. The average molecular weight is 216 g/mol. The summed E-state index contributed by atoms with van der Waals surface area (Å²) in [4.78, 5) is 13.6. The molecule has 14 heavy (non-hydrogen) atoms. The van der Waals surface area contributed by atoms with Crippen LogP contribution in [0, 0.1) is 0 Å². The summed E-state index contributed by atoms with van der Waals surface area (Å²) in [6.07, 6.45) is 0.998. The summed E-state index contributed by atoms with van der Waals surface area (Å²) in [5.41, 5.74) is 0. The highest BCUT2D eigenvalue weighted by atomic mass is 32.2. The van der Waals surface area contributed by atoms with Crippen LogP contribution in [0.1, 0.15) is 27.2 Å². The van der Waals surface area contributed by atoms with Gasteiger partial charge in [0.05, 0.1) is 0 Å². The van der Waals surface area contributed by atoms with Gasteiger partial charge in [-0.2, -0.15) is 11.8 Å². The van der Waals surface area contributed by atoms with E-state index in [1.807, 2.05) is 16.7 Å². The third-order valence-corrected chi connectivity index (χ3v) is 3.54. The van der Waals surface area contributed by atoms with E-state index in [-0.39, 0.29) is 10.8 Å². The normalized spacial score (nSPS) is 20.6. The van der Waals surface area contributed by atoms with Gasteiger partial charge < -0.3 is 10.2 Å². The Morgan fingerprint density at radius 3 is 2.86 bits per heavy atom. The molecule has 4 heteroatoms. The van der Waals surface area contributed by atoms with Gasteiger partial charge in [-0.3, -0.25) is 0 Å². The second-order valence-corrected chi connectivity index (χ2v) is 6.06. The first-order chi connectivity index (χ1) is 6.55. The molecule has 1 aliphatic rings. The first-order valence-electron chi connectivity index (χ1n) is 5.22. The molecular weight excluding hydrogens is 196 g/mol. The summed E-state index contributed by atoms with van der Waals surface area (Å²) in [7, 11) is 0. The van der Waals surface area contributed by atoms with Gasteiger partial charge in [-0.25, -0.2) is 4.79 Å². The number of nitrogens with zero attached hydrogens (tertiary/aromatic N) is 1. The summed E-state index contributed by atoms with van der Waals surface area (Å²) in [5.74, 6) is 1.05. The van der Waals surface area contributed by atoms with Gasteiger partial charge >= 0.3 is 6.03 Å². The van der Waals surface area contributed by atoms with Gasteiger partial charge in [0.15, 0.2) is 0 Å². The highest BCUT2D eigenvalue weighted by molar-refractivity contribution is 8.00. The van der Waals surface area contributed by atoms with Crippen molar-refractivity contribution in [2.75, 3.05) is 25.4 Å². The molecule has 2 amide bonds. The molecule has 1 rings (SSSR count). The molecule has 0 atom stereocenters. The van der Waals surface area contributed by atoms with Gasteiger partial charge in [-0.1, -0.05) is 6.92 Å². The minimum Gasteiger partial charge on any atom is -0.338 e. The highest BCUT2D eigenvalue weighted by Crippen LogP contribution is 2.29. The summed E-state index contributed by atoms with van der Waals surface area (Å²) < 4.78 is 0.210. The number of carbonyl (C=O) groups is 1. The smallest absolute Gasteiger partial charge is 0.317 e. The van der Waals surface area contributed by atoms with Crippen molar-refractivity contribution in [2.24, 2.45) is 0 Å². The van der Waals surface area contributed by atoms with E-state index in [0.717, 1.165) is 31.8 Å². The molecule has 0 bridgehead atoms. The minimum absolute atomic E-state index is 0.0974. The molecule has 3 nitrogen and oxygen atoms in total. The van der Waals surface area contributed by atoms with Crippen molar-refractivity contribution in [2.45, 2.75) is 31.9 Å². The van der Waals surface area contributed by atoms with Crippen LogP contribution in [-0.4, -0.2) is 41.1 Å². The largest absolute Gasteiger partial charge is 0.338 e. The molecule has 1 heterocycles. The van der Waals surface area contributed by atoms with Crippen molar-refractivity contribution in [3.05, 3.63) is 0 Å². The number of thioether (sulfide) groups is 1. The highest BCUT2D eigenvalue weighted by Gasteiger charge is 2.29. The van der Waals surface area contributed by atoms with Gasteiger partial charge in [0.2, 0.25) is 0 Å². The zero-order chi connectivity index (χ0) is 10.6. The number of nitrogens with one attached hydrogen (secondary N) is 1. The Morgan fingerprint density at radius 1 is 1.57 bits per heavy atom. The monoisotopic (exact) mass is 216 g/mol. The number of urea groups is 1. The zero-order valence-electron chi connectivity index (χ0n) is 9.30. The van der Waals surface area contributed by atoms with Crippen LogP contribution < -0.4 is 5.32 Å². The fraction of sp³-hybridized carbons (Fsp3) is 0.900. The van der Waals surface area contributed by atoms with Crippen molar-refractivity contribution in [3.8, 4) is 0 Å². The van der Waals surface area contributed by atoms with Crippen molar-refractivity contribution >= 4 is 17.8 Å². The summed E-state index contributed by atoms with van der Waals surface area (Å²) in [5, 5.41) is 2.92. The Balaban J connectivity index is 2.40. The number of hydrogen-bond acceptors (Lipinski definition) is 2. The maximum absolute atomic E-state index is 11.7. The molecule has 0 aromatic carbocycles. The van der Waals surface area contributed by atoms with Crippen molar-refractivity contribution in [1.82, 2.24) is 10.2 Å². The lowest BCUT2D eigenvalue weighted by Gasteiger charge is -2.37. The molecule has 0 aromatic heterocycles. The SMILES string of the molecule is CCCNC(=O)N1CCSC(C)(C)C1. The second-order valence-electron chi connectivity index (χ2n) is 4.26. The van der Waals surface area contributed by atoms with Gasteiger partial charge in [0.25, 0.3) is 0 Å². The molecule has 0 spiro atoms. The first-order valence-corrected chi connectivity index (χ1v) is 6.20. The van der Waals surface area contributed by atoms with Crippen LogP contribution in [0.3, 0.4) is 0 Å². The van der Waals surface area contributed by atoms with Crippen LogP contribution >= 0.6 is 11.8 Å². The van der Waals surface area contributed by atoms with E-state index < -0.39 is 0 Å². The number of amides is 2. The molecule has 82 valence electrons.